The van der Waals surface area contributed by atoms with Crippen molar-refractivity contribution in [1.82, 2.24) is 10.2 Å². The number of benzene rings is 3. The minimum absolute atomic E-state index is 0.0775. The fraction of sp³-hybridized carbons (Fsp3) is 0.310. The summed E-state index contributed by atoms with van der Waals surface area (Å²) in [6.07, 6.45) is 2.27. The van der Waals surface area contributed by atoms with Crippen molar-refractivity contribution in [3.05, 3.63) is 88.9 Å². The third-order valence-corrected chi connectivity index (χ3v) is 9.03. The minimum atomic E-state index is -4.10. The molecule has 3 aromatic carbocycles. The van der Waals surface area contributed by atoms with E-state index in [-0.39, 0.29) is 17.3 Å². The first kappa shape index (κ1) is 30.5. The normalized spacial score (nSPS) is 12.0. The van der Waals surface area contributed by atoms with Gasteiger partial charge in [-0.25, -0.2) is 8.42 Å². The first-order valence-electron chi connectivity index (χ1n) is 12.7. The van der Waals surface area contributed by atoms with Gasteiger partial charge in [0.05, 0.1) is 10.6 Å². The largest absolute Gasteiger partial charge is 0.355 e. The molecule has 0 aromatic heterocycles. The van der Waals surface area contributed by atoms with Gasteiger partial charge >= 0.3 is 0 Å². The average Bonchev–Trinajstić information content (AvgIpc) is 2.93. The molecule has 39 heavy (non-hydrogen) atoms. The first-order chi connectivity index (χ1) is 18.6. The third kappa shape index (κ3) is 7.77. The summed E-state index contributed by atoms with van der Waals surface area (Å²) in [6, 6.07) is 19.7. The molecule has 3 rings (SSSR count). The zero-order valence-corrected chi connectivity index (χ0v) is 24.9. The minimum Gasteiger partial charge on any atom is -0.355 e. The lowest BCUT2D eigenvalue weighted by Crippen LogP contribution is -2.52. The van der Waals surface area contributed by atoms with E-state index in [2.05, 4.69) is 5.32 Å². The Morgan fingerprint density at radius 2 is 1.56 bits per heavy atom. The molecule has 3 aromatic rings. The second-order valence-electron chi connectivity index (χ2n) is 8.99. The van der Waals surface area contributed by atoms with Gasteiger partial charge < -0.3 is 10.2 Å². The maximum atomic E-state index is 14.0. The number of rotatable bonds is 12. The molecule has 208 valence electrons. The fourth-order valence-corrected chi connectivity index (χ4v) is 6.06. The Labute approximate surface area is 240 Å². The zero-order valence-electron chi connectivity index (χ0n) is 22.6. The molecule has 0 spiro atoms. The van der Waals surface area contributed by atoms with Crippen LogP contribution in [0, 0.1) is 6.92 Å². The number of anilines is 1. The highest BCUT2D eigenvalue weighted by Gasteiger charge is 2.33. The van der Waals surface area contributed by atoms with E-state index in [1.807, 2.05) is 27.0 Å². The van der Waals surface area contributed by atoms with Crippen LogP contribution in [-0.2, 0) is 26.2 Å². The van der Waals surface area contributed by atoms with Gasteiger partial charge in [-0.15, -0.1) is 11.8 Å². The van der Waals surface area contributed by atoms with Crippen molar-refractivity contribution in [2.45, 2.75) is 49.6 Å². The summed E-state index contributed by atoms with van der Waals surface area (Å²) in [6.45, 7) is 5.60. The number of amides is 2. The van der Waals surface area contributed by atoms with Crippen molar-refractivity contribution in [3.8, 4) is 0 Å². The van der Waals surface area contributed by atoms with E-state index in [4.69, 9.17) is 11.6 Å². The standard InChI is InChI=1S/C29H34ClN3O4S2/c1-5-27(29(35)31-6-2)32(19-22-9-11-23(30)12-10-22)28(34)20-33(24-13-7-21(3)8-14-24)39(36,37)26-17-15-25(38-4)16-18-26/h7-18,27H,5-6,19-20H2,1-4H3,(H,31,35)/t27-/m0/s1. The van der Waals surface area contributed by atoms with E-state index in [0.29, 0.717) is 23.7 Å². The summed E-state index contributed by atoms with van der Waals surface area (Å²) < 4.78 is 28.9. The quantitative estimate of drug-likeness (QED) is 0.282. The molecule has 0 radical (unpaired) electrons. The Balaban J connectivity index is 2.04. The van der Waals surface area contributed by atoms with Crippen LogP contribution in [0.1, 0.15) is 31.4 Å². The lowest BCUT2D eigenvalue weighted by atomic mass is 10.1. The van der Waals surface area contributed by atoms with Crippen LogP contribution in [-0.4, -0.2) is 50.5 Å². The van der Waals surface area contributed by atoms with Crippen molar-refractivity contribution in [3.63, 3.8) is 0 Å². The molecule has 0 aliphatic heterocycles. The van der Waals surface area contributed by atoms with Gasteiger partial charge in [0.25, 0.3) is 10.0 Å². The van der Waals surface area contributed by atoms with Crippen LogP contribution in [0.25, 0.3) is 0 Å². The van der Waals surface area contributed by atoms with E-state index in [0.717, 1.165) is 20.3 Å². The number of sulfonamides is 1. The van der Waals surface area contributed by atoms with Crippen LogP contribution < -0.4 is 9.62 Å². The molecule has 0 aliphatic carbocycles. The fourth-order valence-electron chi connectivity index (χ4n) is 4.11. The van der Waals surface area contributed by atoms with Crippen LogP contribution in [0.15, 0.2) is 82.6 Å². The predicted molar refractivity (Wildman–Crippen MR) is 159 cm³/mol. The number of carbonyl (C=O) groups is 2. The van der Waals surface area contributed by atoms with E-state index < -0.39 is 28.5 Å². The Kier molecular flexibility index (Phi) is 10.9. The van der Waals surface area contributed by atoms with E-state index in [1.54, 1.807) is 72.8 Å². The maximum absolute atomic E-state index is 14.0. The van der Waals surface area contributed by atoms with Crippen LogP contribution in [0.4, 0.5) is 5.69 Å². The number of hydrogen-bond acceptors (Lipinski definition) is 5. The molecule has 7 nitrogen and oxygen atoms in total. The van der Waals surface area contributed by atoms with Crippen molar-refractivity contribution in [1.29, 1.82) is 0 Å². The highest BCUT2D eigenvalue weighted by molar-refractivity contribution is 7.98. The molecule has 0 heterocycles. The van der Waals surface area contributed by atoms with Gasteiger partial charge in [-0.05, 0) is 80.6 Å². The van der Waals surface area contributed by atoms with Crippen LogP contribution in [0.5, 0.6) is 0 Å². The number of aryl methyl sites for hydroxylation is 1. The maximum Gasteiger partial charge on any atom is 0.264 e. The second-order valence-corrected chi connectivity index (χ2v) is 12.2. The number of likely N-dealkylation sites (N-methyl/N-ethyl adjacent to an activating group) is 1. The van der Waals surface area contributed by atoms with Crippen LogP contribution in [0.2, 0.25) is 5.02 Å². The van der Waals surface area contributed by atoms with E-state index in [1.165, 1.54) is 16.7 Å². The van der Waals surface area contributed by atoms with Crippen molar-refractivity contribution in [2.75, 3.05) is 23.7 Å². The summed E-state index contributed by atoms with van der Waals surface area (Å²) in [4.78, 5) is 29.4. The number of carbonyl (C=O) groups excluding carboxylic acids is 2. The Morgan fingerprint density at radius 1 is 0.949 bits per heavy atom. The highest BCUT2D eigenvalue weighted by Crippen LogP contribution is 2.27. The molecule has 0 aliphatic rings. The predicted octanol–water partition coefficient (Wildman–Crippen LogP) is 5.51. The van der Waals surface area contributed by atoms with Crippen molar-refractivity contribution in [2.24, 2.45) is 0 Å². The van der Waals surface area contributed by atoms with Crippen LogP contribution >= 0.6 is 23.4 Å². The second kappa shape index (κ2) is 13.9. The molecule has 1 atom stereocenters. The summed E-state index contributed by atoms with van der Waals surface area (Å²) >= 11 is 7.56. The molecule has 0 saturated carbocycles. The molecular formula is C29H34ClN3O4S2. The zero-order chi connectivity index (χ0) is 28.6. The lowest BCUT2D eigenvalue weighted by molar-refractivity contribution is -0.140. The molecule has 0 fully saturated rings. The molecule has 1 N–H and O–H groups in total. The monoisotopic (exact) mass is 587 g/mol. The topological polar surface area (TPSA) is 86.8 Å². The average molecular weight is 588 g/mol. The molecule has 10 heteroatoms. The number of hydrogen-bond donors (Lipinski definition) is 1. The molecular weight excluding hydrogens is 554 g/mol. The van der Waals surface area contributed by atoms with E-state index in [9.17, 15) is 18.0 Å². The van der Waals surface area contributed by atoms with Gasteiger partial charge in [0.1, 0.15) is 12.6 Å². The molecule has 0 unspecified atom stereocenters. The summed E-state index contributed by atoms with van der Waals surface area (Å²) in [5.41, 5.74) is 2.09. The van der Waals surface area contributed by atoms with E-state index >= 15 is 0 Å². The molecule has 0 saturated heterocycles. The first-order valence-corrected chi connectivity index (χ1v) is 15.7. The Hall–Kier alpha value is -3.01. The van der Waals surface area contributed by atoms with Crippen LogP contribution in [0.3, 0.4) is 0 Å². The number of nitrogens with zero attached hydrogens (tertiary/aromatic N) is 2. The summed E-state index contributed by atoms with van der Waals surface area (Å²) in [5, 5.41) is 3.35. The van der Waals surface area contributed by atoms with Crippen molar-refractivity contribution >= 4 is 50.9 Å². The third-order valence-electron chi connectivity index (χ3n) is 6.25. The van der Waals surface area contributed by atoms with Gasteiger partial charge in [0.15, 0.2) is 0 Å². The SMILES string of the molecule is CCNC(=O)[C@H](CC)N(Cc1ccc(Cl)cc1)C(=O)CN(c1ccc(C)cc1)S(=O)(=O)c1ccc(SC)cc1. The van der Waals surface area contributed by atoms with Gasteiger partial charge in [-0.2, -0.15) is 0 Å². The number of nitrogens with one attached hydrogen (secondary N) is 1. The molecule has 0 bridgehead atoms. The Morgan fingerprint density at radius 3 is 2.10 bits per heavy atom. The lowest BCUT2D eigenvalue weighted by Gasteiger charge is -2.33. The summed E-state index contributed by atoms with van der Waals surface area (Å²) in [5.74, 6) is -0.785. The van der Waals surface area contributed by atoms with Gasteiger partial charge in [-0.3, -0.25) is 13.9 Å². The smallest absolute Gasteiger partial charge is 0.264 e. The Bertz CT molecular complexity index is 1360. The molecule has 2 amide bonds. The number of halogens is 1. The van der Waals surface area contributed by atoms with Gasteiger partial charge in [-0.1, -0.05) is 48.4 Å². The van der Waals surface area contributed by atoms with Gasteiger partial charge in [0.2, 0.25) is 11.8 Å². The highest BCUT2D eigenvalue weighted by atomic mass is 35.5. The van der Waals surface area contributed by atoms with Gasteiger partial charge in [0, 0.05) is 23.0 Å². The van der Waals surface area contributed by atoms with Crippen molar-refractivity contribution < 1.29 is 18.0 Å². The summed E-state index contributed by atoms with van der Waals surface area (Å²) in [7, 11) is -4.10. The number of thioether (sulfide) groups is 1.